The third-order valence-electron chi connectivity index (χ3n) is 5.54. The fourth-order valence-electron chi connectivity index (χ4n) is 3.89. The summed E-state index contributed by atoms with van der Waals surface area (Å²) in [7, 11) is -3.91. The molecule has 1 aromatic heterocycles. The van der Waals surface area contributed by atoms with Crippen molar-refractivity contribution in [3.8, 4) is 11.4 Å². The van der Waals surface area contributed by atoms with Gasteiger partial charge in [0, 0.05) is 41.1 Å². The second-order valence-electron chi connectivity index (χ2n) is 8.08. The Kier molecular flexibility index (Phi) is 7.09. The number of rotatable bonds is 5. The molecule has 0 spiro atoms. The van der Waals surface area contributed by atoms with Gasteiger partial charge in [-0.3, -0.25) is 9.59 Å². The zero-order valence-electron chi connectivity index (χ0n) is 18.2. The lowest BCUT2D eigenvalue weighted by Crippen LogP contribution is -2.43. The highest BCUT2D eigenvalue weighted by molar-refractivity contribution is 7.89. The Morgan fingerprint density at radius 1 is 1.18 bits per heavy atom. The molecule has 0 saturated carbocycles. The molecule has 2 N–H and O–H groups in total. The van der Waals surface area contributed by atoms with Gasteiger partial charge in [-0.2, -0.15) is 4.31 Å². The molecule has 8 nitrogen and oxygen atoms in total. The van der Waals surface area contributed by atoms with Crippen molar-refractivity contribution in [3.05, 3.63) is 74.6 Å². The van der Waals surface area contributed by atoms with Crippen LogP contribution in [-0.4, -0.2) is 41.7 Å². The number of aromatic nitrogens is 2. The molecular formula is C23H22Cl2N4O4S. The highest BCUT2D eigenvalue weighted by Crippen LogP contribution is 2.31. The Morgan fingerprint density at radius 3 is 2.74 bits per heavy atom. The van der Waals surface area contributed by atoms with E-state index in [-0.39, 0.29) is 39.5 Å². The molecule has 178 valence electrons. The van der Waals surface area contributed by atoms with Crippen molar-refractivity contribution in [2.75, 3.05) is 18.4 Å². The van der Waals surface area contributed by atoms with Gasteiger partial charge in [0.25, 0.3) is 5.56 Å². The normalized spacial score (nSPS) is 16.9. The summed E-state index contributed by atoms with van der Waals surface area (Å²) in [6.45, 7) is 2.05. The lowest BCUT2D eigenvalue weighted by atomic mass is 9.98. The highest BCUT2D eigenvalue weighted by atomic mass is 35.5. The SMILES string of the molecule is Cc1cc(=O)[nH]c(-c2cccc(NC(=O)[C@H]3CCCN(S(=O)(=O)c4cc(Cl)ccc4Cl)C3)c2)n1. The molecule has 11 heteroatoms. The topological polar surface area (TPSA) is 112 Å². The van der Waals surface area contributed by atoms with Gasteiger partial charge in [0.1, 0.15) is 10.7 Å². The third-order valence-corrected chi connectivity index (χ3v) is 8.12. The number of carbonyl (C=O) groups is 1. The van der Waals surface area contributed by atoms with Crippen LogP contribution in [0.5, 0.6) is 0 Å². The van der Waals surface area contributed by atoms with Gasteiger partial charge in [-0.1, -0.05) is 35.3 Å². The van der Waals surface area contributed by atoms with E-state index in [0.717, 1.165) is 0 Å². The zero-order chi connectivity index (χ0) is 24.5. The maximum atomic E-state index is 13.2. The number of hydrogen-bond acceptors (Lipinski definition) is 5. The minimum Gasteiger partial charge on any atom is -0.326 e. The van der Waals surface area contributed by atoms with E-state index in [9.17, 15) is 18.0 Å². The molecule has 1 atom stereocenters. The summed E-state index contributed by atoms with van der Waals surface area (Å²) in [4.78, 5) is 31.7. The van der Waals surface area contributed by atoms with Crippen LogP contribution in [0.15, 0.2) is 58.2 Å². The van der Waals surface area contributed by atoms with Crippen molar-refractivity contribution < 1.29 is 13.2 Å². The predicted octanol–water partition coefficient (Wildman–Crippen LogP) is 4.09. The van der Waals surface area contributed by atoms with Gasteiger partial charge in [-0.05, 0) is 50.1 Å². The summed E-state index contributed by atoms with van der Waals surface area (Å²) in [6, 6.07) is 12.6. The summed E-state index contributed by atoms with van der Waals surface area (Å²) >= 11 is 12.1. The third kappa shape index (κ3) is 5.33. The lowest BCUT2D eigenvalue weighted by Gasteiger charge is -2.31. The number of anilines is 1. The molecule has 34 heavy (non-hydrogen) atoms. The predicted molar refractivity (Wildman–Crippen MR) is 132 cm³/mol. The van der Waals surface area contributed by atoms with Crippen molar-refractivity contribution in [1.29, 1.82) is 0 Å². The number of halogens is 2. The molecule has 1 amide bonds. The van der Waals surface area contributed by atoms with Gasteiger partial charge in [0.05, 0.1) is 10.9 Å². The molecule has 1 fully saturated rings. The fraction of sp³-hybridized carbons (Fsp3) is 0.261. The average Bonchev–Trinajstić information content (AvgIpc) is 2.80. The molecule has 2 aromatic carbocycles. The van der Waals surface area contributed by atoms with E-state index >= 15 is 0 Å². The van der Waals surface area contributed by atoms with Crippen molar-refractivity contribution in [3.63, 3.8) is 0 Å². The van der Waals surface area contributed by atoms with Crippen LogP contribution in [0.4, 0.5) is 5.69 Å². The number of nitrogens with one attached hydrogen (secondary N) is 2. The molecule has 1 saturated heterocycles. The number of piperidine rings is 1. The first-order valence-electron chi connectivity index (χ1n) is 10.6. The number of aryl methyl sites for hydroxylation is 1. The number of hydrogen-bond donors (Lipinski definition) is 2. The molecule has 0 bridgehead atoms. The number of carbonyl (C=O) groups excluding carboxylic acids is 1. The summed E-state index contributed by atoms with van der Waals surface area (Å²) in [5.74, 6) is -0.434. The summed E-state index contributed by atoms with van der Waals surface area (Å²) in [5, 5.41) is 3.20. The van der Waals surface area contributed by atoms with Crippen LogP contribution >= 0.6 is 23.2 Å². The molecule has 3 aromatic rings. The minimum atomic E-state index is -3.91. The second-order valence-corrected chi connectivity index (χ2v) is 10.8. The molecule has 0 unspecified atom stereocenters. The van der Waals surface area contributed by atoms with Gasteiger partial charge in [0.15, 0.2) is 0 Å². The summed E-state index contributed by atoms with van der Waals surface area (Å²) in [6.07, 6.45) is 1.08. The number of aromatic amines is 1. The first-order chi connectivity index (χ1) is 16.1. The van der Waals surface area contributed by atoms with Crippen LogP contribution < -0.4 is 10.9 Å². The number of H-pyrrole nitrogens is 1. The van der Waals surface area contributed by atoms with Crippen LogP contribution in [-0.2, 0) is 14.8 Å². The number of sulfonamides is 1. The standard InChI is InChI=1S/C23H22Cl2N4O4S/c1-14-10-21(30)28-22(26-14)15-4-2-6-18(11-15)27-23(31)16-5-3-9-29(13-16)34(32,33)20-12-17(24)7-8-19(20)25/h2,4,6-8,10-12,16H,3,5,9,13H2,1H3,(H,27,31)(H,26,28,30)/t16-/m0/s1. The Hall–Kier alpha value is -2.72. The van der Waals surface area contributed by atoms with Gasteiger partial charge in [-0.15, -0.1) is 0 Å². The van der Waals surface area contributed by atoms with E-state index in [0.29, 0.717) is 35.6 Å². The van der Waals surface area contributed by atoms with Crippen LogP contribution in [0.1, 0.15) is 18.5 Å². The van der Waals surface area contributed by atoms with E-state index in [1.165, 1.54) is 28.6 Å². The van der Waals surface area contributed by atoms with Gasteiger partial charge < -0.3 is 10.3 Å². The van der Waals surface area contributed by atoms with E-state index in [4.69, 9.17) is 23.2 Å². The van der Waals surface area contributed by atoms with E-state index < -0.39 is 15.9 Å². The first kappa shape index (κ1) is 24.4. The maximum Gasteiger partial charge on any atom is 0.251 e. The number of amides is 1. The van der Waals surface area contributed by atoms with Crippen molar-refractivity contribution in [1.82, 2.24) is 14.3 Å². The molecule has 1 aliphatic heterocycles. The van der Waals surface area contributed by atoms with Crippen LogP contribution in [0.3, 0.4) is 0 Å². The fourth-order valence-corrected chi connectivity index (χ4v) is 6.15. The number of nitrogens with zero attached hydrogens (tertiary/aromatic N) is 2. The monoisotopic (exact) mass is 520 g/mol. The molecule has 0 radical (unpaired) electrons. The van der Waals surface area contributed by atoms with E-state index in [1.807, 2.05) is 0 Å². The van der Waals surface area contributed by atoms with Gasteiger partial charge in [-0.25, -0.2) is 13.4 Å². The Morgan fingerprint density at radius 2 is 1.97 bits per heavy atom. The Bertz CT molecular complexity index is 1410. The van der Waals surface area contributed by atoms with Crippen LogP contribution in [0.25, 0.3) is 11.4 Å². The minimum absolute atomic E-state index is 0.0312. The number of benzene rings is 2. The first-order valence-corrected chi connectivity index (χ1v) is 12.8. The molecule has 4 rings (SSSR count). The summed E-state index contributed by atoms with van der Waals surface area (Å²) < 4.78 is 27.6. The van der Waals surface area contributed by atoms with Crippen molar-refractivity contribution >= 4 is 44.8 Å². The van der Waals surface area contributed by atoms with E-state index in [2.05, 4.69) is 15.3 Å². The average molecular weight is 521 g/mol. The van der Waals surface area contributed by atoms with Crippen molar-refractivity contribution in [2.45, 2.75) is 24.7 Å². The van der Waals surface area contributed by atoms with Crippen molar-refractivity contribution in [2.24, 2.45) is 5.92 Å². The smallest absolute Gasteiger partial charge is 0.251 e. The molecule has 2 heterocycles. The van der Waals surface area contributed by atoms with Crippen LogP contribution in [0.2, 0.25) is 10.0 Å². The van der Waals surface area contributed by atoms with Gasteiger partial charge >= 0.3 is 0 Å². The molecular weight excluding hydrogens is 499 g/mol. The Balaban J connectivity index is 1.51. The lowest BCUT2D eigenvalue weighted by molar-refractivity contribution is -0.120. The summed E-state index contributed by atoms with van der Waals surface area (Å²) in [5.41, 5.74) is 1.48. The largest absolute Gasteiger partial charge is 0.326 e. The quantitative estimate of drug-likeness (QED) is 0.525. The van der Waals surface area contributed by atoms with Crippen LogP contribution in [0, 0.1) is 12.8 Å². The van der Waals surface area contributed by atoms with E-state index in [1.54, 1.807) is 31.2 Å². The highest BCUT2D eigenvalue weighted by Gasteiger charge is 2.34. The zero-order valence-corrected chi connectivity index (χ0v) is 20.5. The molecule has 0 aliphatic carbocycles. The maximum absolute atomic E-state index is 13.2. The molecule has 1 aliphatic rings. The van der Waals surface area contributed by atoms with Gasteiger partial charge in [0.2, 0.25) is 15.9 Å². The Labute approximate surface area is 207 Å². The second kappa shape index (κ2) is 9.87.